The van der Waals surface area contributed by atoms with Gasteiger partial charge in [-0.1, -0.05) is 6.07 Å². The molecule has 0 radical (unpaired) electrons. The molecule has 0 bridgehead atoms. The van der Waals surface area contributed by atoms with Gasteiger partial charge in [-0.15, -0.1) is 0 Å². The minimum atomic E-state index is -0.149. The Morgan fingerprint density at radius 2 is 1.74 bits per heavy atom. The molecule has 0 aromatic heterocycles. The zero-order chi connectivity index (χ0) is 13.4. The minimum absolute atomic E-state index is 0.149. The van der Waals surface area contributed by atoms with Gasteiger partial charge in [0.25, 0.3) is 0 Å². The summed E-state index contributed by atoms with van der Waals surface area (Å²) >= 11 is 3.34. The van der Waals surface area contributed by atoms with Crippen LogP contribution in [0, 0.1) is 17.7 Å². The summed E-state index contributed by atoms with van der Waals surface area (Å²) in [4.78, 5) is 2.25. The maximum absolute atomic E-state index is 14.5. The number of halogens is 2. The van der Waals surface area contributed by atoms with Crippen LogP contribution in [0.15, 0.2) is 16.6 Å². The molecule has 19 heavy (non-hydrogen) atoms. The largest absolute Gasteiger partial charge is 0.369 e. The normalized spacial score (nSPS) is 18.7. The van der Waals surface area contributed by atoms with Crippen LogP contribution in [0.2, 0.25) is 0 Å². The monoisotopic (exact) mass is 326 g/mol. The van der Waals surface area contributed by atoms with Crippen LogP contribution >= 0.6 is 15.9 Å². The van der Waals surface area contributed by atoms with Crippen LogP contribution < -0.4 is 10.6 Å². The van der Waals surface area contributed by atoms with Gasteiger partial charge < -0.3 is 10.6 Å². The lowest BCUT2D eigenvalue weighted by Crippen LogP contribution is -2.29. The highest BCUT2D eigenvalue weighted by molar-refractivity contribution is 9.10. The Morgan fingerprint density at radius 3 is 2.21 bits per heavy atom. The van der Waals surface area contributed by atoms with Crippen molar-refractivity contribution in [1.82, 2.24) is 0 Å². The van der Waals surface area contributed by atoms with E-state index < -0.39 is 0 Å². The molecule has 2 nitrogen and oxygen atoms in total. The Kier molecular flexibility index (Phi) is 3.81. The first-order valence-electron chi connectivity index (χ1n) is 7.11. The van der Waals surface area contributed by atoms with E-state index in [4.69, 9.17) is 5.73 Å². The van der Waals surface area contributed by atoms with E-state index in [2.05, 4.69) is 20.8 Å². The second kappa shape index (κ2) is 5.41. The molecule has 1 aromatic carbocycles. The van der Waals surface area contributed by atoms with Crippen LogP contribution in [0.5, 0.6) is 0 Å². The summed E-state index contributed by atoms with van der Waals surface area (Å²) in [6, 6.07) is 3.84. The Bertz CT molecular complexity index is 455. The predicted molar refractivity (Wildman–Crippen MR) is 79.7 cm³/mol. The third-order valence-corrected chi connectivity index (χ3v) is 4.91. The number of anilines is 1. The summed E-state index contributed by atoms with van der Waals surface area (Å²) < 4.78 is 15.0. The van der Waals surface area contributed by atoms with Crippen LogP contribution in [0.3, 0.4) is 0 Å². The smallest absolute Gasteiger partial charge is 0.160 e. The van der Waals surface area contributed by atoms with Gasteiger partial charge in [0, 0.05) is 19.6 Å². The maximum atomic E-state index is 14.5. The third kappa shape index (κ3) is 3.11. The molecule has 4 heteroatoms. The fourth-order valence-corrected chi connectivity index (χ4v) is 2.97. The quantitative estimate of drug-likeness (QED) is 0.864. The van der Waals surface area contributed by atoms with Crippen molar-refractivity contribution in [3.05, 3.63) is 28.0 Å². The van der Waals surface area contributed by atoms with Gasteiger partial charge in [-0.2, -0.15) is 0 Å². The molecule has 0 atom stereocenters. The van der Waals surface area contributed by atoms with E-state index >= 15 is 0 Å². The molecule has 2 fully saturated rings. The molecular formula is C15H20BrFN2. The molecule has 0 aliphatic heterocycles. The lowest BCUT2D eigenvalue weighted by molar-refractivity contribution is 0.595. The number of hydrogen-bond acceptors (Lipinski definition) is 2. The SMILES string of the molecule is NCc1ccc(N(CC2CC2)CC2CC2)c(F)c1Br. The molecule has 2 saturated carbocycles. The summed E-state index contributed by atoms with van der Waals surface area (Å²) in [7, 11) is 0. The van der Waals surface area contributed by atoms with Gasteiger partial charge in [0.1, 0.15) is 0 Å². The number of benzene rings is 1. The van der Waals surface area contributed by atoms with Gasteiger partial charge in [0.15, 0.2) is 5.82 Å². The molecule has 2 aliphatic rings. The number of rotatable bonds is 6. The van der Waals surface area contributed by atoms with Crippen LogP contribution in [0.1, 0.15) is 31.2 Å². The Morgan fingerprint density at radius 1 is 1.16 bits per heavy atom. The van der Waals surface area contributed by atoms with Crippen molar-refractivity contribution in [3.8, 4) is 0 Å². The van der Waals surface area contributed by atoms with Gasteiger partial charge in [-0.25, -0.2) is 4.39 Å². The average Bonchev–Trinajstić information content (AvgIpc) is 3.27. The highest BCUT2D eigenvalue weighted by atomic mass is 79.9. The lowest BCUT2D eigenvalue weighted by atomic mass is 10.1. The van der Waals surface area contributed by atoms with E-state index in [9.17, 15) is 4.39 Å². The maximum Gasteiger partial charge on any atom is 0.160 e. The highest BCUT2D eigenvalue weighted by Gasteiger charge is 2.30. The van der Waals surface area contributed by atoms with Crippen molar-refractivity contribution in [2.24, 2.45) is 17.6 Å². The molecular weight excluding hydrogens is 307 g/mol. The second-order valence-corrected chi connectivity index (χ2v) is 6.66. The molecule has 0 saturated heterocycles. The molecule has 0 unspecified atom stereocenters. The highest BCUT2D eigenvalue weighted by Crippen LogP contribution is 2.38. The van der Waals surface area contributed by atoms with Gasteiger partial charge in [0.2, 0.25) is 0 Å². The minimum Gasteiger partial charge on any atom is -0.369 e. The Labute approximate surface area is 122 Å². The zero-order valence-corrected chi connectivity index (χ0v) is 12.6. The molecule has 2 N–H and O–H groups in total. The van der Waals surface area contributed by atoms with Crippen LogP contribution in [-0.2, 0) is 6.54 Å². The Hall–Kier alpha value is -0.610. The van der Waals surface area contributed by atoms with Crippen LogP contribution in [0.25, 0.3) is 0 Å². The van der Waals surface area contributed by atoms with E-state index in [0.29, 0.717) is 11.0 Å². The number of nitrogens with two attached hydrogens (primary N) is 1. The van der Waals surface area contributed by atoms with E-state index in [1.165, 1.54) is 25.7 Å². The molecule has 0 heterocycles. The topological polar surface area (TPSA) is 29.3 Å². The molecule has 1 aromatic rings. The van der Waals surface area contributed by atoms with Crippen molar-refractivity contribution in [2.45, 2.75) is 32.2 Å². The van der Waals surface area contributed by atoms with Gasteiger partial charge in [0.05, 0.1) is 10.2 Å². The standard InChI is InChI=1S/C15H20BrFN2/c16-14-12(7-18)5-6-13(15(14)17)19(8-10-1-2-10)9-11-3-4-11/h5-6,10-11H,1-4,7-9,18H2. The zero-order valence-electron chi connectivity index (χ0n) is 11.0. The average molecular weight is 327 g/mol. The van der Waals surface area contributed by atoms with E-state index in [0.717, 1.165) is 36.2 Å². The van der Waals surface area contributed by atoms with Crippen molar-refractivity contribution in [1.29, 1.82) is 0 Å². The van der Waals surface area contributed by atoms with Crippen molar-refractivity contribution < 1.29 is 4.39 Å². The molecule has 0 amide bonds. The summed E-state index contributed by atoms with van der Waals surface area (Å²) in [5, 5.41) is 0. The van der Waals surface area contributed by atoms with Crippen molar-refractivity contribution in [3.63, 3.8) is 0 Å². The van der Waals surface area contributed by atoms with E-state index in [1.54, 1.807) is 0 Å². The number of nitrogens with zero attached hydrogens (tertiary/aromatic N) is 1. The lowest BCUT2D eigenvalue weighted by Gasteiger charge is -2.26. The number of hydrogen-bond donors (Lipinski definition) is 1. The van der Waals surface area contributed by atoms with Gasteiger partial charge in [-0.3, -0.25) is 0 Å². The van der Waals surface area contributed by atoms with Crippen LogP contribution in [-0.4, -0.2) is 13.1 Å². The fraction of sp³-hybridized carbons (Fsp3) is 0.600. The Balaban J connectivity index is 1.84. The molecule has 0 spiro atoms. The summed E-state index contributed by atoms with van der Waals surface area (Å²) in [6.45, 7) is 2.37. The predicted octanol–water partition coefficient (Wildman–Crippen LogP) is 3.67. The second-order valence-electron chi connectivity index (χ2n) is 5.87. The first-order chi connectivity index (χ1) is 9.19. The molecule has 2 aliphatic carbocycles. The van der Waals surface area contributed by atoms with Crippen molar-refractivity contribution in [2.75, 3.05) is 18.0 Å². The fourth-order valence-electron chi connectivity index (χ4n) is 2.48. The van der Waals surface area contributed by atoms with Gasteiger partial charge >= 0.3 is 0 Å². The molecule has 3 rings (SSSR count). The summed E-state index contributed by atoms with van der Waals surface area (Å²) in [5.74, 6) is 1.39. The van der Waals surface area contributed by atoms with Crippen LogP contribution in [0.4, 0.5) is 10.1 Å². The summed E-state index contributed by atoms with van der Waals surface area (Å²) in [6.07, 6.45) is 5.19. The van der Waals surface area contributed by atoms with E-state index in [-0.39, 0.29) is 5.82 Å². The van der Waals surface area contributed by atoms with Crippen molar-refractivity contribution >= 4 is 21.6 Å². The first-order valence-corrected chi connectivity index (χ1v) is 7.90. The molecule has 104 valence electrons. The summed E-state index contributed by atoms with van der Waals surface area (Å²) in [5.41, 5.74) is 7.19. The van der Waals surface area contributed by atoms with E-state index in [1.807, 2.05) is 12.1 Å². The van der Waals surface area contributed by atoms with Gasteiger partial charge in [-0.05, 0) is 65.1 Å². The third-order valence-electron chi connectivity index (χ3n) is 4.05. The first kappa shape index (κ1) is 13.4.